The number of allylic oxidation sites excluding steroid dienone is 2. The lowest BCUT2D eigenvalue weighted by atomic mass is 9.76. The summed E-state index contributed by atoms with van der Waals surface area (Å²) in [6, 6.07) is 10.5. The van der Waals surface area contributed by atoms with Crippen LogP contribution in [-0.4, -0.2) is 42.8 Å². The van der Waals surface area contributed by atoms with Gasteiger partial charge in [0.25, 0.3) is 0 Å². The van der Waals surface area contributed by atoms with Crippen LogP contribution in [-0.2, 0) is 19.9 Å². The lowest BCUT2D eigenvalue weighted by molar-refractivity contribution is -0.129. The summed E-state index contributed by atoms with van der Waals surface area (Å²) in [7, 11) is 1.34. The monoisotopic (exact) mass is 584 g/mol. The number of hydrogen-bond acceptors (Lipinski definition) is 4. The van der Waals surface area contributed by atoms with Crippen LogP contribution < -0.4 is 5.32 Å². The molecule has 2 aromatic rings. The molecule has 1 saturated heterocycles. The molecule has 2 aromatic carbocycles. The van der Waals surface area contributed by atoms with Crippen LogP contribution >= 0.6 is 0 Å². The second-order valence-electron chi connectivity index (χ2n) is 12.3. The van der Waals surface area contributed by atoms with E-state index in [1.165, 1.54) is 64.3 Å². The molecule has 1 N–H and O–H groups in total. The molecular weight excluding hydrogens is 541 g/mol. The molecule has 4 rings (SSSR count). The topological polar surface area (TPSA) is 58.6 Å². The third kappa shape index (κ3) is 8.81. The van der Waals surface area contributed by atoms with Crippen molar-refractivity contribution in [3.8, 4) is 0 Å². The van der Waals surface area contributed by atoms with Crippen molar-refractivity contribution in [2.45, 2.75) is 77.8 Å². The molecule has 2 fully saturated rings. The SMILES string of the molecule is C=C(/C=C(\OC)c1ccc(F)cc1F)C(C)=O.CC1(CC(=O)NC(C)(C)c2ccccc2F)CN(C2CCCCC2)C1. The van der Waals surface area contributed by atoms with Crippen LogP contribution in [0.2, 0.25) is 0 Å². The summed E-state index contributed by atoms with van der Waals surface area (Å²) < 4.78 is 45.2. The van der Waals surface area contributed by atoms with Crippen molar-refractivity contribution in [2.24, 2.45) is 5.41 Å². The van der Waals surface area contributed by atoms with Crippen LogP contribution in [0.4, 0.5) is 13.2 Å². The molecule has 0 aromatic heterocycles. The van der Waals surface area contributed by atoms with Gasteiger partial charge < -0.3 is 10.1 Å². The molecule has 1 saturated carbocycles. The molecule has 0 bridgehead atoms. The van der Waals surface area contributed by atoms with Gasteiger partial charge in [-0.05, 0) is 57.9 Å². The van der Waals surface area contributed by atoms with Crippen molar-refractivity contribution >= 4 is 17.4 Å². The number of benzene rings is 2. The van der Waals surface area contributed by atoms with Gasteiger partial charge in [0.05, 0.1) is 18.2 Å². The zero-order valence-electron chi connectivity index (χ0n) is 25.4. The summed E-state index contributed by atoms with van der Waals surface area (Å²) in [4.78, 5) is 26.1. The highest BCUT2D eigenvalue weighted by Crippen LogP contribution is 2.38. The van der Waals surface area contributed by atoms with E-state index in [4.69, 9.17) is 4.74 Å². The van der Waals surface area contributed by atoms with Crippen LogP contribution in [0.25, 0.3) is 5.76 Å². The molecular formula is C34H43F3N2O3. The largest absolute Gasteiger partial charge is 0.496 e. The maximum absolute atomic E-state index is 14.1. The number of nitrogens with zero attached hydrogens (tertiary/aromatic N) is 1. The molecule has 42 heavy (non-hydrogen) atoms. The van der Waals surface area contributed by atoms with Gasteiger partial charge in [-0.15, -0.1) is 0 Å². The fraction of sp³-hybridized carbons (Fsp3) is 0.471. The Bertz CT molecular complexity index is 1310. The Hall–Kier alpha value is -3.39. The van der Waals surface area contributed by atoms with Crippen molar-refractivity contribution in [1.82, 2.24) is 10.2 Å². The lowest BCUT2D eigenvalue weighted by Crippen LogP contribution is -2.60. The Morgan fingerprint density at radius 1 is 1.07 bits per heavy atom. The summed E-state index contributed by atoms with van der Waals surface area (Å²) in [5.74, 6) is -1.81. The number of amides is 1. The number of ether oxygens (including phenoxy) is 1. The van der Waals surface area contributed by atoms with Gasteiger partial charge in [0.1, 0.15) is 23.2 Å². The average molecular weight is 585 g/mol. The zero-order valence-corrected chi connectivity index (χ0v) is 25.4. The van der Waals surface area contributed by atoms with E-state index in [-0.39, 0.29) is 39.8 Å². The second-order valence-corrected chi connectivity index (χ2v) is 12.3. The highest BCUT2D eigenvalue weighted by molar-refractivity contribution is 5.97. The van der Waals surface area contributed by atoms with Gasteiger partial charge in [-0.1, -0.05) is 51.0 Å². The molecule has 228 valence electrons. The number of halogens is 3. The van der Waals surface area contributed by atoms with Crippen LogP contribution in [0.5, 0.6) is 0 Å². The van der Waals surface area contributed by atoms with Gasteiger partial charge in [0.2, 0.25) is 5.91 Å². The van der Waals surface area contributed by atoms with E-state index in [0.717, 1.165) is 31.3 Å². The van der Waals surface area contributed by atoms with Gasteiger partial charge >= 0.3 is 0 Å². The Labute approximate surface area is 247 Å². The maximum atomic E-state index is 14.1. The molecule has 0 radical (unpaired) electrons. The number of carbonyl (C=O) groups excluding carboxylic acids is 2. The molecule has 0 atom stereocenters. The summed E-state index contributed by atoms with van der Waals surface area (Å²) in [5, 5.41) is 3.03. The molecule has 1 heterocycles. The van der Waals surface area contributed by atoms with Crippen molar-refractivity contribution in [2.75, 3.05) is 20.2 Å². The van der Waals surface area contributed by atoms with E-state index in [2.05, 4.69) is 23.7 Å². The first-order valence-electron chi connectivity index (χ1n) is 14.5. The van der Waals surface area contributed by atoms with Gasteiger partial charge in [-0.25, -0.2) is 13.2 Å². The first kappa shape index (κ1) is 33.1. The smallest absolute Gasteiger partial charge is 0.221 e. The van der Waals surface area contributed by atoms with Crippen molar-refractivity contribution < 1.29 is 27.5 Å². The van der Waals surface area contributed by atoms with Crippen LogP contribution in [0, 0.1) is 22.9 Å². The van der Waals surface area contributed by atoms with E-state index in [1.54, 1.807) is 12.1 Å². The van der Waals surface area contributed by atoms with Gasteiger partial charge in [0, 0.05) is 48.2 Å². The van der Waals surface area contributed by atoms with E-state index in [1.807, 2.05) is 19.9 Å². The Morgan fingerprint density at radius 3 is 2.29 bits per heavy atom. The molecule has 1 aliphatic carbocycles. The number of rotatable bonds is 9. The first-order valence-corrected chi connectivity index (χ1v) is 14.5. The fourth-order valence-corrected chi connectivity index (χ4v) is 5.76. The number of carbonyl (C=O) groups is 2. The number of ketones is 1. The number of likely N-dealkylation sites (tertiary alicyclic amines) is 1. The number of methoxy groups -OCH3 is 1. The predicted molar refractivity (Wildman–Crippen MR) is 160 cm³/mol. The van der Waals surface area contributed by atoms with Gasteiger partial charge in [-0.3, -0.25) is 14.5 Å². The zero-order chi connectivity index (χ0) is 31.1. The molecule has 2 aliphatic rings. The highest BCUT2D eigenvalue weighted by atomic mass is 19.1. The van der Waals surface area contributed by atoms with E-state index >= 15 is 0 Å². The van der Waals surface area contributed by atoms with Crippen molar-refractivity contribution in [1.29, 1.82) is 0 Å². The third-order valence-corrected chi connectivity index (χ3v) is 8.02. The minimum Gasteiger partial charge on any atom is -0.496 e. The van der Waals surface area contributed by atoms with Crippen LogP contribution in [0.3, 0.4) is 0 Å². The summed E-state index contributed by atoms with van der Waals surface area (Å²) in [6.07, 6.45) is 8.50. The minimum atomic E-state index is -0.755. The van der Waals surface area contributed by atoms with Crippen molar-refractivity contribution in [3.05, 3.63) is 89.3 Å². The quantitative estimate of drug-likeness (QED) is 0.191. The maximum Gasteiger partial charge on any atom is 0.221 e. The summed E-state index contributed by atoms with van der Waals surface area (Å²) in [5.41, 5.74) is 0.145. The molecule has 5 nitrogen and oxygen atoms in total. The number of hydrogen-bond donors (Lipinski definition) is 1. The number of Topliss-reactive ketones (excluding diaryl/α,β-unsaturated/α-hetero) is 1. The predicted octanol–water partition coefficient (Wildman–Crippen LogP) is 7.32. The Balaban J connectivity index is 0.000000250. The van der Waals surface area contributed by atoms with E-state index in [0.29, 0.717) is 12.0 Å². The van der Waals surface area contributed by atoms with Crippen LogP contribution in [0.15, 0.2) is 60.7 Å². The molecule has 0 spiro atoms. The number of nitrogens with one attached hydrogen (secondary N) is 1. The van der Waals surface area contributed by atoms with E-state index < -0.39 is 17.2 Å². The first-order chi connectivity index (χ1) is 19.7. The summed E-state index contributed by atoms with van der Waals surface area (Å²) in [6.45, 7) is 12.8. The minimum absolute atomic E-state index is 0.0130. The lowest BCUT2D eigenvalue weighted by Gasteiger charge is -2.52. The molecule has 8 heteroatoms. The van der Waals surface area contributed by atoms with Crippen LogP contribution in [0.1, 0.15) is 77.3 Å². The Kier molecular flexibility index (Phi) is 11.2. The van der Waals surface area contributed by atoms with E-state index in [9.17, 15) is 22.8 Å². The van der Waals surface area contributed by atoms with Gasteiger partial charge in [-0.2, -0.15) is 0 Å². The third-order valence-electron chi connectivity index (χ3n) is 8.02. The Morgan fingerprint density at radius 2 is 1.71 bits per heavy atom. The van der Waals surface area contributed by atoms with Crippen molar-refractivity contribution in [3.63, 3.8) is 0 Å². The normalized spacial score (nSPS) is 17.4. The molecule has 1 aliphatic heterocycles. The average Bonchev–Trinajstić information content (AvgIpc) is 2.91. The molecule has 0 unspecified atom stereocenters. The highest BCUT2D eigenvalue weighted by Gasteiger charge is 2.43. The second kappa shape index (κ2) is 14.2. The fourth-order valence-electron chi connectivity index (χ4n) is 5.76. The molecule has 1 amide bonds. The summed E-state index contributed by atoms with van der Waals surface area (Å²) >= 11 is 0. The standard InChI is InChI=1S/C21H31FN2O.C13H12F2O2/c1-20(2,17-11-7-8-12-18(17)22)23-19(25)13-21(3)14-24(15-21)16-9-5-4-6-10-16;1-8(9(2)16)6-13(17-3)11-5-4-10(14)7-12(11)15/h7-8,11-12,16H,4-6,9-10,13-15H2,1-3H3,(H,23,25);4-7H,1H2,2-3H3/b;13-6-. The van der Waals surface area contributed by atoms with Gasteiger partial charge in [0.15, 0.2) is 5.78 Å².